The Morgan fingerprint density at radius 1 is 0.581 bits per heavy atom. The molecule has 0 aromatic rings. The van der Waals surface area contributed by atoms with Crippen LogP contribution in [-0.4, -0.2) is 90.1 Å². The fourth-order valence-corrected chi connectivity index (χ4v) is 1.85. The molecular weight excluding hydrogens is 616 g/mol. The zero-order valence-corrected chi connectivity index (χ0v) is 33.7. The molecule has 0 spiro atoms. The van der Waals surface area contributed by atoms with E-state index in [1.54, 1.807) is 14.7 Å². The average Bonchev–Trinajstić information content (AvgIpc) is 2.52. The SMILES string of the molecule is CN(C)C(=S)[S-].CN(C)C(=S)[S-].CN(C)C(=S)[S-].NC(=S)SCCSC(N)=S.[Na+].[Na+].[Na+]. The fraction of sp³-hybridized carbons (Fsp3) is 0.615. The van der Waals surface area contributed by atoms with Crippen molar-refractivity contribution < 1.29 is 88.7 Å². The molecule has 0 atom stereocenters. The minimum atomic E-state index is 0. The number of nitrogens with two attached hydrogens (primary N) is 2. The van der Waals surface area contributed by atoms with Gasteiger partial charge in [0, 0.05) is 53.8 Å². The summed E-state index contributed by atoms with van der Waals surface area (Å²) in [6.07, 6.45) is 0. The maximum absolute atomic E-state index is 5.23. The molecule has 0 amide bonds. The number of rotatable bonds is 3. The number of thiocarbonyl (C=S) groups is 5. The Morgan fingerprint density at radius 2 is 0.710 bits per heavy atom. The summed E-state index contributed by atoms with van der Waals surface area (Å²) in [6, 6.07) is 0. The first kappa shape index (κ1) is 51.5. The minimum Gasteiger partial charge on any atom is -0.411 e. The molecule has 0 radical (unpaired) electrons. The van der Waals surface area contributed by atoms with Crippen LogP contribution in [0.3, 0.4) is 0 Å². The largest absolute Gasteiger partial charge is 1.00 e. The van der Waals surface area contributed by atoms with Crippen molar-refractivity contribution in [1.29, 1.82) is 0 Å². The topological polar surface area (TPSA) is 61.8 Å². The van der Waals surface area contributed by atoms with Crippen molar-refractivity contribution in [3.8, 4) is 0 Å². The number of hydrogen-bond acceptors (Lipinski definition) is 10. The van der Waals surface area contributed by atoms with Crippen LogP contribution in [0.4, 0.5) is 0 Å². The number of nitrogens with zero attached hydrogens (tertiary/aromatic N) is 3. The monoisotopic (exact) mass is 641 g/mol. The standard InChI is InChI=1S/C4H8N2S4.3C3H7NS2.3Na/c5-3(7)9-1-2-10-4(6)8;3*1-4(2)3(5)6;;;/h1-2H2,(H2,5,7)(H2,6,8);3*1-2H3,(H,5,6);;;/q;;;;3*+1/p-3. The summed E-state index contributed by atoms with van der Waals surface area (Å²) in [6.45, 7) is 0. The van der Waals surface area contributed by atoms with Gasteiger partial charge < -0.3 is 101 Å². The molecule has 0 aliphatic rings. The van der Waals surface area contributed by atoms with Crippen LogP contribution in [0.25, 0.3) is 0 Å². The second-order valence-electron chi connectivity index (χ2n) is 4.82. The second kappa shape index (κ2) is 36.0. The van der Waals surface area contributed by atoms with E-state index in [0.29, 0.717) is 21.6 Å². The quantitative estimate of drug-likeness (QED) is 0.133. The van der Waals surface area contributed by atoms with Gasteiger partial charge >= 0.3 is 88.7 Å². The number of hydrogen-bond donors (Lipinski definition) is 2. The second-order valence-corrected chi connectivity index (χ2v) is 11.6. The van der Waals surface area contributed by atoms with Gasteiger partial charge in [0.05, 0.1) is 0 Å². The van der Waals surface area contributed by atoms with Crippen molar-refractivity contribution in [3.63, 3.8) is 0 Å². The van der Waals surface area contributed by atoms with Gasteiger partial charge in [-0.3, -0.25) is 0 Å². The first-order valence-electron chi connectivity index (χ1n) is 7.05. The Kier molecular flexibility index (Phi) is 59.7. The van der Waals surface area contributed by atoms with Gasteiger partial charge in [0.1, 0.15) is 8.64 Å². The molecule has 0 rings (SSSR count). The molecule has 4 N–H and O–H groups in total. The average molecular weight is 642 g/mol. The Labute approximate surface area is 307 Å². The van der Waals surface area contributed by atoms with Crippen LogP contribution < -0.4 is 100 Å². The summed E-state index contributed by atoms with van der Waals surface area (Å²) in [5.41, 5.74) is 10.5. The number of thioether (sulfide) groups is 2. The first-order chi connectivity index (χ1) is 12.6. The summed E-state index contributed by atoms with van der Waals surface area (Å²) in [4.78, 5) is 5.14. The van der Waals surface area contributed by atoms with Gasteiger partial charge in [-0.2, -0.15) is 0 Å². The van der Waals surface area contributed by atoms with Crippen molar-refractivity contribution in [3.05, 3.63) is 0 Å². The van der Waals surface area contributed by atoms with Crippen molar-refractivity contribution in [2.75, 3.05) is 53.8 Å². The fourth-order valence-electron chi connectivity index (χ4n) is 0.285. The molecule has 18 heteroatoms. The molecule has 0 fully saturated rings. The molecule has 0 aliphatic carbocycles. The molecule has 0 saturated carbocycles. The van der Waals surface area contributed by atoms with Gasteiger partial charge in [0.15, 0.2) is 0 Å². The molecule has 0 aliphatic heterocycles. The van der Waals surface area contributed by atoms with Crippen LogP contribution in [0.5, 0.6) is 0 Å². The molecule has 31 heavy (non-hydrogen) atoms. The van der Waals surface area contributed by atoms with E-state index in [9.17, 15) is 0 Å². The van der Waals surface area contributed by atoms with E-state index in [2.05, 4.69) is 99.0 Å². The van der Waals surface area contributed by atoms with E-state index in [-0.39, 0.29) is 88.7 Å². The van der Waals surface area contributed by atoms with Crippen LogP contribution in [0, 0.1) is 0 Å². The maximum Gasteiger partial charge on any atom is 1.00 e. The van der Waals surface area contributed by atoms with Crippen molar-refractivity contribution in [2.24, 2.45) is 11.5 Å². The van der Waals surface area contributed by atoms with E-state index in [0.717, 1.165) is 11.5 Å². The predicted molar refractivity (Wildman–Crippen MR) is 159 cm³/mol. The molecule has 0 bridgehead atoms. The van der Waals surface area contributed by atoms with Crippen LogP contribution in [0.1, 0.15) is 0 Å². The normalized spacial score (nSPS) is 7.42. The molecule has 0 saturated heterocycles. The smallest absolute Gasteiger partial charge is 0.411 e. The van der Waals surface area contributed by atoms with Gasteiger partial charge in [0.25, 0.3) is 0 Å². The molecule has 5 nitrogen and oxygen atoms in total. The van der Waals surface area contributed by atoms with E-state index < -0.39 is 0 Å². The molecule has 166 valence electrons. The predicted octanol–water partition coefficient (Wildman–Crippen LogP) is -6.91. The minimum absolute atomic E-state index is 0. The van der Waals surface area contributed by atoms with Gasteiger partial charge in [-0.15, -0.1) is 0 Å². The third kappa shape index (κ3) is 65.8. The van der Waals surface area contributed by atoms with E-state index >= 15 is 0 Å². The molecular formula is C13H26N5Na3S10. The van der Waals surface area contributed by atoms with Crippen molar-refractivity contribution >= 4 is 144 Å². The van der Waals surface area contributed by atoms with Gasteiger partial charge in [-0.25, -0.2) is 0 Å². The Bertz CT molecular complexity index is 438. The Balaban J connectivity index is -0.0000000494. The third-order valence-corrected chi connectivity index (χ3v) is 6.21. The van der Waals surface area contributed by atoms with E-state index in [4.69, 9.17) is 11.5 Å². The molecule has 0 unspecified atom stereocenters. The summed E-state index contributed by atoms with van der Waals surface area (Å²) < 4.78 is 2.48. The summed E-state index contributed by atoms with van der Waals surface area (Å²) in [5, 5.41) is 0. The maximum atomic E-state index is 5.23. The van der Waals surface area contributed by atoms with Gasteiger partial charge in [-0.1, -0.05) is 60.9 Å². The zero-order valence-electron chi connectivity index (χ0n) is 19.5. The third-order valence-electron chi connectivity index (χ3n) is 1.67. The van der Waals surface area contributed by atoms with Gasteiger partial charge in [-0.05, 0) is 0 Å². The Morgan fingerprint density at radius 3 is 0.774 bits per heavy atom. The summed E-state index contributed by atoms with van der Waals surface area (Å²) in [7, 11) is 11.0. The van der Waals surface area contributed by atoms with Crippen molar-refractivity contribution in [1.82, 2.24) is 14.7 Å². The summed E-state index contributed by atoms with van der Waals surface area (Å²) >= 11 is 39.5. The van der Waals surface area contributed by atoms with Crippen LogP contribution >= 0.6 is 84.6 Å². The molecule has 0 aromatic heterocycles. The van der Waals surface area contributed by atoms with E-state index in [1.165, 1.54) is 23.5 Å². The zero-order chi connectivity index (χ0) is 23.4. The van der Waals surface area contributed by atoms with Crippen LogP contribution in [0.2, 0.25) is 0 Å². The first-order valence-corrected chi connectivity index (χ1v) is 12.3. The molecule has 0 aromatic carbocycles. The van der Waals surface area contributed by atoms with Crippen LogP contribution in [0.15, 0.2) is 0 Å². The Hall–Kier alpha value is 3.81. The summed E-state index contributed by atoms with van der Waals surface area (Å²) in [5.74, 6) is 1.74. The van der Waals surface area contributed by atoms with Crippen LogP contribution in [-0.2, 0) is 37.9 Å². The van der Waals surface area contributed by atoms with Gasteiger partial charge in [0.2, 0.25) is 0 Å². The van der Waals surface area contributed by atoms with Crippen molar-refractivity contribution in [2.45, 2.75) is 0 Å². The van der Waals surface area contributed by atoms with E-state index in [1.807, 2.05) is 42.3 Å². The molecule has 0 heterocycles.